The first-order chi connectivity index (χ1) is 16.9. The average molecular weight is 548 g/mol. The second-order valence-electron chi connectivity index (χ2n) is 9.24. The summed E-state index contributed by atoms with van der Waals surface area (Å²) in [6.45, 7) is 2.60. The molecule has 10 nitrogen and oxygen atoms in total. The number of aromatic hydroxyl groups is 1. The number of halogens is 1. The molecule has 2 atom stereocenters. The summed E-state index contributed by atoms with van der Waals surface area (Å²) in [7, 11) is 0. The highest BCUT2D eigenvalue weighted by Gasteiger charge is 2.52. The van der Waals surface area contributed by atoms with Crippen LogP contribution in [0.2, 0.25) is 0 Å². The third-order valence-corrected chi connectivity index (χ3v) is 7.96. The van der Waals surface area contributed by atoms with Gasteiger partial charge in [0.1, 0.15) is 23.7 Å². The Bertz CT molecular complexity index is 1800. The lowest BCUT2D eigenvalue weighted by Gasteiger charge is -2.31. The van der Waals surface area contributed by atoms with Crippen LogP contribution in [0.25, 0.3) is 44.3 Å². The molecule has 4 heterocycles. The zero-order valence-corrected chi connectivity index (χ0v) is 20.6. The van der Waals surface area contributed by atoms with E-state index in [1.807, 2.05) is 36.7 Å². The van der Waals surface area contributed by atoms with Crippen LogP contribution in [-0.4, -0.2) is 43.0 Å². The van der Waals surface area contributed by atoms with Crippen LogP contribution in [0.1, 0.15) is 24.1 Å². The summed E-state index contributed by atoms with van der Waals surface area (Å²) in [6.07, 6.45) is 3.63. The number of phenols is 1. The van der Waals surface area contributed by atoms with Gasteiger partial charge >= 0.3 is 5.96 Å². The van der Waals surface area contributed by atoms with Gasteiger partial charge in [0.05, 0.1) is 11.2 Å². The lowest BCUT2D eigenvalue weighted by atomic mass is 9.78. The maximum atomic E-state index is 13.5. The minimum Gasteiger partial charge on any atom is -0.870 e. The highest BCUT2D eigenvalue weighted by molar-refractivity contribution is 9.10. The molecule has 0 fully saturated rings. The second kappa shape index (κ2) is 7.45. The van der Waals surface area contributed by atoms with Gasteiger partial charge in [0.15, 0.2) is 5.54 Å². The number of benzene rings is 2. The number of hydrogen-bond acceptors (Lipinski definition) is 6. The van der Waals surface area contributed by atoms with Gasteiger partial charge < -0.3 is 25.5 Å². The number of phenolic OH excluding ortho intramolecular Hbond substituents is 1. The zero-order chi connectivity index (χ0) is 24.1. The number of aromatic nitrogens is 4. The Morgan fingerprint density at radius 3 is 2.78 bits per heavy atom. The van der Waals surface area contributed by atoms with Gasteiger partial charge in [0.25, 0.3) is 5.56 Å². The van der Waals surface area contributed by atoms with Crippen LogP contribution in [0, 0.1) is 0 Å². The second-order valence-corrected chi connectivity index (χ2v) is 10.2. The van der Waals surface area contributed by atoms with E-state index < -0.39 is 5.54 Å². The number of guanidine groups is 1. The van der Waals surface area contributed by atoms with Crippen LogP contribution in [0.15, 0.2) is 52.0 Å². The molecule has 2 aromatic carbocycles. The molecule has 0 radical (unpaired) electrons. The molecule has 0 bridgehead atoms. The quantitative estimate of drug-likeness (QED) is 0.167. The van der Waals surface area contributed by atoms with Crippen molar-refractivity contribution < 1.29 is 15.6 Å². The van der Waals surface area contributed by atoms with Crippen molar-refractivity contribution in [1.29, 1.82) is 0 Å². The molecule has 36 heavy (non-hydrogen) atoms. The van der Waals surface area contributed by atoms with E-state index in [4.69, 9.17) is 10.7 Å². The van der Waals surface area contributed by atoms with Crippen molar-refractivity contribution in [3.63, 3.8) is 0 Å². The van der Waals surface area contributed by atoms with Gasteiger partial charge in [-0.05, 0) is 23.8 Å². The maximum Gasteiger partial charge on any atom is 0.342 e. The lowest BCUT2D eigenvalue weighted by molar-refractivity contribution is -0.457. The Kier molecular flexibility index (Phi) is 4.63. The first-order valence-corrected chi connectivity index (χ1v) is 12.1. The molecular weight excluding hydrogens is 526 g/mol. The molecule has 11 heteroatoms. The molecule has 2 aliphatic rings. The summed E-state index contributed by atoms with van der Waals surface area (Å²) in [5.74, 6) is 0.512. The van der Waals surface area contributed by atoms with Crippen LogP contribution in [0.4, 0.5) is 0 Å². The van der Waals surface area contributed by atoms with Crippen molar-refractivity contribution in [1.82, 2.24) is 25.3 Å². The third kappa shape index (κ3) is 2.78. The number of hydrogen-bond donors (Lipinski definition) is 7. The van der Waals surface area contributed by atoms with E-state index in [-0.39, 0.29) is 22.7 Å². The van der Waals surface area contributed by atoms with Crippen LogP contribution in [0.5, 0.6) is 5.75 Å². The molecular formula is C25H22BrN7O3. The van der Waals surface area contributed by atoms with Crippen molar-refractivity contribution in [2.75, 3.05) is 6.54 Å². The number of nitrogens with one attached hydrogen (secondary N) is 5. The Morgan fingerprint density at radius 2 is 2.00 bits per heavy atom. The van der Waals surface area contributed by atoms with E-state index in [2.05, 4.69) is 48.1 Å². The molecule has 9 N–H and O–H groups in total. The summed E-state index contributed by atoms with van der Waals surface area (Å²) in [5.41, 5.74) is 10.9. The highest BCUT2D eigenvalue weighted by Crippen LogP contribution is 2.49. The average Bonchev–Trinajstić information content (AvgIpc) is 3.55. The summed E-state index contributed by atoms with van der Waals surface area (Å²) in [5, 5.41) is 15.7. The van der Waals surface area contributed by atoms with Crippen LogP contribution in [-0.2, 0) is 5.54 Å². The van der Waals surface area contributed by atoms with Gasteiger partial charge in [0.2, 0.25) is 0 Å². The first kappa shape index (κ1) is 22.4. The molecule has 1 aliphatic heterocycles. The summed E-state index contributed by atoms with van der Waals surface area (Å²) >= 11 is 3.50. The molecule has 7 rings (SSSR count). The molecule has 0 unspecified atom stereocenters. The number of rotatable bonds is 1. The minimum atomic E-state index is -0.719. The molecule has 3 aromatic heterocycles. The fourth-order valence-corrected chi connectivity index (χ4v) is 6.06. The predicted molar refractivity (Wildman–Crippen MR) is 139 cm³/mol. The molecule has 1 spiro atoms. The molecule has 0 saturated heterocycles. The first-order valence-electron chi connectivity index (χ1n) is 11.3. The number of H-pyrrole nitrogens is 3. The molecule has 0 amide bonds. The smallest absolute Gasteiger partial charge is 0.342 e. The monoisotopic (exact) mass is 547 g/mol. The van der Waals surface area contributed by atoms with Crippen molar-refractivity contribution in [3.8, 4) is 28.3 Å². The van der Waals surface area contributed by atoms with E-state index in [0.29, 0.717) is 35.1 Å². The standard InChI is InChI=1S/C25H20BrN7O2.H2O/c1-10-12-4-5-17(34)21-18(12)15(8-29-21)19-22(25(10)9-30-24(27)33-25)31-20(23(35)32-19)14-7-28-16-6-11(26)2-3-13(14)16;/h2-8,10,28-29,34H,9H2,1H3,(H,32,35)(H3,27,30,33);1H2/t10-,25-;/m1./s1. The molecule has 182 valence electrons. The SMILES string of the molecule is C[C@@H]1c2ccc(O)c3[nH]cc(c23)-c2[nH]c(=O)c(-c3c[nH]c4cc(Br)ccc34)nc2[C@@]12C[NH+]=C(N)N2.[OH-]. The van der Waals surface area contributed by atoms with Crippen LogP contribution >= 0.6 is 15.9 Å². The summed E-state index contributed by atoms with van der Waals surface area (Å²) < 4.78 is 0.944. The van der Waals surface area contributed by atoms with Crippen molar-refractivity contribution >= 4 is 43.7 Å². The predicted octanol–water partition coefficient (Wildman–Crippen LogP) is 1.67. The number of fused-ring (bicyclic) bond motifs is 4. The zero-order valence-electron chi connectivity index (χ0n) is 19.0. The van der Waals surface area contributed by atoms with Gasteiger partial charge in [-0.25, -0.2) is 4.98 Å². The van der Waals surface area contributed by atoms with E-state index in [1.165, 1.54) is 0 Å². The van der Waals surface area contributed by atoms with Gasteiger partial charge in [-0.15, -0.1) is 0 Å². The van der Waals surface area contributed by atoms with E-state index in [9.17, 15) is 9.90 Å². The Morgan fingerprint density at radius 1 is 1.19 bits per heavy atom. The van der Waals surface area contributed by atoms with Crippen LogP contribution < -0.4 is 21.6 Å². The number of nitrogens with zero attached hydrogens (tertiary/aromatic N) is 1. The Hall–Kier alpha value is -4.09. The fourth-order valence-electron chi connectivity index (χ4n) is 5.70. The topological polar surface area (TPSA) is 180 Å². The van der Waals surface area contributed by atoms with E-state index in [1.54, 1.807) is 6.07 Å². The number of aromatic amines is 3. The largest absolute Gasteiger partial charge is 0.870 e. The fraction of sp³-hybridized carbons (Fsp3) is 0.160. The van der Waals surface area contributed by atoms with Crippen molar-refractivity contribution in [2.45, 2.75) is 18.4 Å². The summed E-state index contributed by atoms with van der Waals surface area (Å²) in [6, 6.07) is 9.50. The lowest BCUT2D eigenvalue weighted by Crippen LogP contribution is -2.74. The minimum absolute atomic E-state index is 0. The van der Waals surface area contributed by atoms with Crippen molar-refractivity contribution in [3.05, 3.63) is 68.8 Å². The maximum absolute atomic E-state index is 13.5. The van der Waals surface area contributed by atoms with E-state index in [0.717, 1.165) is 37.5 Å². The van der Waals surface area contributed by atoms with Crippen LogP contribution in [0.3, 0.4) is 0 Å². The third-order valence-electron chi connectivity index (χ3n) is 7.47. The molecule has 5 aromatic rings. The van der Waals surface area contributed by atoms with Gasteiger partial charge in [-0.1, -0.05) is 35.0 Å². The Balaban J connectivity index is 0.00000240. The van der Waals surface area contributed by atoms with E-state index >= 15 is 0 Å². The van der Waals surface area contributed by atoms with Crippen molar-refractivity contribution in [2.24, 2.45) is 5.73 Å². The van der Waals surface area contributed by atoms with Gasteiger partial charge in [-0.3, -0.25) is 20.8 Å². The normalized spacial score (nSPS) is 20.2. The van der Waals surface area contributed by atoms with Gasteiger partial charge in [0, 0.05) is 50.2 Å². The highest BCUT2D eigenvalue weighted by atomic mass is 79.9. The summed E-state index contributed by atoms with van der Waals surface area (Å²) in [4.78, 5) is 31.4. The Labute approximate surface area is 212 Å². The van der Waals surface area contributed by atoms with Gasteiger partial charge in [-0.2, -0.15) is 0 Å². The number of nitrogens with two attached hydrogens (primary N) is 1. The molecule has 1 aliphatic carbocycles. The molecule has 0 saturated carbocycles.